The first-order valence-electron chi connectivity index (χ1n) is 9.65. The molecule has 0 aliphatic carbocycles. The van der Waals surface area contributed by atoms with Crippen molar-refractivity contribution in [1.82, 2.24) is 19.7 Å². The number of benzene rings is 1. The number of aromatic nitrogens is 4. The molecule has 1 atom stereocenters. The number of rotatable bonds is 5. The van der Waals surface area contributed by atoms with Gasteiger partial charge >= 0.3 is 0 Å². The molecule has 3 aromatic rings. The molecule has 2 aromatic heterocycles. The fraction of sp³-hybridized carbons (Fsp3) is 0.300. The van der Waals surface area contributed by atoms with Crippen LogP contribution >= 0.6 is 0 Å². The second-order valence-corrected chi connectivity index (χ2v) is 7.17. The Bertz CT molecular complexity index is 1050. The van der Waals surface area contributed by atoms with Gasteiger partial charge in [0, 0.05) is 43.3 Å². The maximum absolute atomic E-state index is 12.7. The summed E-state index contributed by atoms with van der Waals surface area (Å²) in [7, 11) is 0. The molecule has 1 aliphatic heterocycles. The van der Waals surface area contributed by atoms with Crippen LogP contribution in [0.15, 0.2) is 48.8 Å². The van der Waals surface area contributed by atoms with Crippen molar-refractivity contribution in [3.05, 3.63) is 64.7 Å². The molecule has 1 fully saturated rings. The Morgan fingerprint density at radius 3 is 2.53 bits per heavy atom. The molecule has 1 unspecified atom stereocenters. The summed E-state index contributed by atoms with van der Waals surface area (Å²) in [5, 5.41) is 22.2. The van der Waals surface area contributed by atoms with E-state index in [0.717, 1.165) is 31.0 Å². The minimum atomic E-state index is -0.467. The van der Waals surface area contributed by atoms with Crippen molar-refractivity contribution >= 4 is 23.1 Å². The van der Waals surface area contributed by atoms with Crippen LogP contribution < -0.4 is 10.2 Å². The van der Waals surface area contributed by atoms with Gasteiger partial charge in [0.2, 0.25) is 5.91 Å². The van der Waals surface area contributed by atoms with Crippen LogP contribution in [0.4, 0.5) is 17.2 Å². The number of amides is 1. The molecule has 1 saturated heterocycles. The highest BCUT2D eigenvalue weighted by Gasteiger charge is 2.27. The predicted octanol–water partition coefficient (Wildman–Crippen LogP) is 2.73. The Morgan fingerprint density at radius 1 is 1.17 bits per heavy atom. The van der Waals surface area contributed by atoms with Gasteiger partial charge in [0.15, 0.2) is 11.6 Å². The highest BCUT2D eigenvalue weighted by atomic mass is 16.6. The molecule has 10 nitrogen and oxygen atoms in total. The number of carbonyl (C=O) groups is 1. The maximum Gasteiger partial charge on any atom is 0.269 e. The third kappa shape index (κ3) is 4.12. The summed E-state index contributed by atoms with van der Waals surface area (Å²) in [6.07, 6.45) is 5.18. The number of anilines is 2. The quantitative estimate of drug-likeness (QED) is 0.510. The SMILES string of the molecule is Cc1nccn1-c1ccc(N2CCCC(C(=O)Nc3ccc([N+](=O)[O-])cc3)C2)nn1. The topological polar surface area (TPSA) is 119 Å². The third-order valence-electron chi connectivity index (χ3n) is 5.17. The van der Waals surface area contributed by atoms with Gasteiger partial charge in [0.1, 0.15) is 5.82 Å². The largest absolute Gasteiger partial charge is 0.354 e. The summed E-state index contributed by atoms with van der Waals surface area (Å²) < 4.78 is 1.85. The highest BCUT2D eigenvalue weighted by molar-refractivity contribution is 5.93. The molecule has 30 heavy (non-hydrogen) atoms. The van der Waals surface area contributed by atoms with Gasteiger partial charge in [0.25, 0.3) is 5.69 Å². The zero-order chi connectivity index (χ0) is 21.1. The first-order valence-corrected chi connectivity index (χ1v) is 9.65. The number of piperidine rings is 1. The normalized spacial score (nSPS) is 16.3. The number of hydrogen-bond donors (Lipinski definition) is 1. The van der Waals surface area contributed by atoms with Gasteiger partial charge in [-0.25, -0.2) is 4.98 Å². The van der Waals surface area contributed by atoms with E-state index in [2.05, 4.69) is 25.4 Å². The number of carbonyl (C=O) groups excluding carboxylic acids is 1. The fourth-order valence-corrected chi connectivity index (χ4v) is 3.55. The molecular formula is C20H21N7O3. The maximum atomic E-state index is 12.7. The van der Waals surface area contributed by atoms with Gasteiger partial charge in [0.05, 0.1) is 10.8 Å². The summed E-state index contributed by atoms with van der Waals surface area (Å²) in [5.41, 5.74) is 0.535. The van der Waals surface area contributed by atoms with Gasteiger partial charge in [-0.3, -0.25) is 19.5 Å². The molecule has 0 bridgehead atoms. The average Bonchev–Trinajstić information content (AvgIpc) is 3.20. The Kier molecular flexibility index (Phi) is 5.38. The summed E-state index contributed by atoms with van der Waals surface area (Å²) >= 11 is 0. The van der Waals surface area contributed by atoms with Crippen molar-refractivity contribution in [2.75, 3.05) is 23.3 Å². The fourth-order valence-electron chi connectivity index (χ4n) is 3.55. The lowest BCUT2D eigenvalue weighted by Gasteiger charge is -2.32. The molecule has 10 heteroatoms. The molecule has 0 spiro atoms. The number of imidazole rings is 1. The molecular weight excluding hydrogens is 386 g/mol. The standard InChI is InChI=1S/C20H21N7O3/c1-14-21-10-12-26(14)19-9-8-18(23-24-19)25-11-2-3-15(13-25)20(28)22-16-4-6-17(7-5-16)27(29)30/h4-10,12,15H,2-3,11,13H2,1H3,(H,22,28). The molecule has 0 radical (unpaired) electrons. The molecule has 154 valence electrons. The molecule has 1 amide bonds. The van der Waals surface area contributed by atoms with Crippen LogP contribution in [0.1, 0.15) is 18.7 Å². The van der Waals surface area contributed by atoms with E-state index in [-0.39, 0.29) is 17.5 Å². The van der Waals surface area contributed by atoms with Crippen molar-refractivity contribution in [1.29, 1.82) is 0 Å². The number of hydrogen-bond acceptors (Lipinski definition) is 7. The predicted molar refractivity (Wildman–Crippen MR) is 111 cm³/mol. The third-order valence-corrected chi connectivity index (χ3v) is 5.17. The smallest absolute Gasteiger partial charge is 0.269 e. The first-order chi connectivity index (χ1) is 14.5. The van der Waals surface area contributed by atoms with Gasteiger partial charge in [-0.05, 0) is 44.0 Å². The Hall–Kier alpha value is -3.82. The highest BCUT2D eigenvalue weighted by Crippen LogP contribution is 2.24. The second kappa shape index (κ2) is 8.27. The van der Waals surface area contributed by atoms with Crippen molar-refractivity contribution in [3.8, 4) is 5.82 Å². The van der Waals surface area contributed by atoms with Gasteiger partial charge in [-0.2, -0.15) is 0 Å². The van der Waals surface area contributed by atoms with Crippen LogP contribution in [0.2, 0.25) is 0 Å². The number of non-ortho nitro benzene ring substituents is 1. The van der Waals surface area contributed by atoms with Gasteiger partial charge in [-0.1, -0.05) is 0 Å². The van der Waals surface area contributed by atoms with E-state index in [0.29, 0.717) is 18.1 Å². The molecule has 4 rings (SSSR count). The Morgan fingerprint density at radius 2 is 1.90 bits per heavy atom. The van der Waals surface area contributed by atoms with E-state index >= 15 is 0 Å². The lowest BCUT2D eigenvalue weighted by molar-refractivity contribution is -0.384. The lowest BCUT2D eigenvalue weighted by Crippen LogP contribution is -2.41. The summed E-state index contributed by atoms with van der Waals surface area (Å²) in [4.78, 5) is 29.2. The number of aryl methyl sites for hydroxylation is 1. The Labute approximate surface area is 172 Å². The second-order valence-electron chi connectivity index (χ2n) is 7.17. The minimum absolute atomic E-state index is 0.00949. The number of nitro groups is 1. The van der Waals surface area contributed by atoms with E-state index in [4.69, 9.17) is 0 Å². The lowest BCUT2D eigenvalue weighted by atomic mass is 9.97. The van der Waals surface area contributed by atoms with Crippen LogP contribution in [0, 0.1) is 23.0 Å². The van der Waals surface area contributed by atoms with Crippen LogP contribution in [0.3, 0.4) is 0 Å². The molecule has 1 aliphatic rings. The molecule has 1 aromatic carbocycles. The van der Waals surface area contributed by atoms with E-state index in [9.17, 15) is 14.9 Å². The summed E-state index contributed by atoms with van der Waals surface area (Å²) in [5.74, 6) is 1.94. The van der Waals surface area contributed by atoms with E-state index in [1.165, 1.54) is 12.1 Å². The van der Waals surface area contributed by atoms with Crippen molar-refractivity contribution < 1.29 is 9.72 Å². The number of nitro benzene ring substituents is 1. The molecule has 1 N–H and O–H groups in total. The van der Waals surface area contributed by atoms with Crippen molar-refractivity contribution in [3.63, 3.8) is 0 Å². The zero-order valence-corrected chi connectivity index (χ0v) is 16.4. The monoisotopic (exact) mass is 407 g/mol. The Balaban J connectivity index is 1.40. The van der Waals surface area contributed by atoms with E-state index in [1.54, 1.807) is 18.3 Å². The zero-order valence-electron chi connectivity index (χ0n) is 16.4. The summed E-state index contributed by atoms with van der Waals surface area (Å²) in [6.45, 7) is 3.24. The number of nitrogens with one attached hydrogen (secondary N) is 1. The van der Waals surface area contributed by atoms with Crippen LogP contribution in [-0.4, -0.2) is 43.7 Å². The molecule has 3 heterocycles. The minimum Gasteiger partial charge on any atom is -0.354 e. The van der Waals surface area contributed by atoms with Crippen molar-refractivity contribution in [2.45, 2.75) is 19.8 Å². The van der Waals surface area contributed by atoms with E-state index in [1.807, 2.05) is 29.8 Å². The van der Waals surface area contributed by atoms with Crippen LogP contribution in [0.25, 0.3) is 5.82 Å². The van der Waals surface area contributed by atoms with Crippen LogP contribution in [0.5, 0.6) is 0 Å². The van der Waals surface area contributed by atoms with E-state index < -0.39 is 4.92 Å². The average molecular weight is 407 g/mol. The summed E-state index contributed by atoms with van der Waals surface area (Å²) in [6, 6.07) is 9.62. The number of nitrogens with zero attached hydrogens (tertiary/aromatic N) is 6. The first kappa shape index (κ1) is 19.5. The molecule has 0 saturated carbocycles. The van der Waals surface area contributed by atoms with Gasteiger partial charge < -0.3 is 10.2 Å². The van der Waals surface area contributed by atoms with Gasteiger partial charge in [-0.15, -0.1) is 10.2 Å². The van der Waals surface area contributed by atoms with Crippen molar-refractivity contribution in [2.24, 2.45) is 5.92 Å². The van der Waals surface area contributed by atoms with Crippen LogP contribution in [-0.2, 0) is 4.79 Å².